The van der Waals surface area contributed by atoms with Crippen LogP contribution in [-0.2, 0) is 21.1 Å². The van der Waals surface area contributed by atoms with Crippen molar-refractivity contribution in [2.24, 2.45) is 0 Å². The maximum absolute atomic E-state index is 11.6. The summed E-state index contributed by atoms with van der Waals surface area (Å²) in [5, 5.41) is 15.5. The molecule has 20 heavy (non-hydrogen) atoms. The normalized spacial score (nSPS) is 11.9. The molecule has 1 N–H and O–H groups in total. The Morgan fingerprint density at radius 2 is 2.15 bits per heavy atom. The zero-order chi connectivity index (χ0) is 14.8. The van der Waals surface area contributed by atoms with Gasteiger partial charge in [0.05, 0.1) is 5.75 Å². The number of sulfone groups is 1. The number of nitrogens with one attached hydrogen (secondary N) is 1. The summed E-state index contributed by atoms with van der Waals surface area (Å²) in [5.74, 6) is 0.478. The molecule has 2 aromatic rings. The van der Waals surface area contributed by atoms with Crippen LogP contribution in [0.3, 0.4) is 0 Å². The lowest BCUT2D eigenvalue weighted by Gasteiger charge is -2.02. The van der Waals surface area contributed by atoms with Crippen LogP contribution >= 0.6 is 11.3 Å². The van der Waals surface area contributed by atoms with Gasteiger partial charge < -0.3 is 5.32 Å². The third-order valence-electron chi connectivity index (χ3n) is 2.55. The van der Waals surface area contributed by atoms with E-state index in [0.717, 1.165) is 11.3 Å². The molecule has 0 aliphatic heterocycles. The fraction of sp³-hybridized carbons (Fsp3) is 0.600. The molecule has 0 aliphatic rings. The number of carbonyl (C=O) groups excluding carboxylic acids is 1. The van der Waals surface area contributed by atoms with Gasteiger partial charge in [-0.25, -0.2) is 8.42 Å². The molecule has 0 saturated carbocycles. The first kappa shape index (κ1) is 14.9. The van der Waals surface area contributed by atoms with Gasteiger partial charge in [0.2, 0.25) is 10.9 Å². The first-order chi connectivity index (χ1) is 9.35. The van der Waals surface area contributed by atoms with Crippen molar-refractivity contribution in [1.82, 2.24) is 25.1 Å². The Labute approximate surface area is 120 Å². The van der Waals surface area contributed by atoms with Crippen molar-refractivity contribution in [3.63, 3.8) is 0 Å². The minimum atomic E-state index is -3.05. The van der Waals surface area contributed by atoms with E-state index in [1.807, 2.05) is 0 Å². The van der Waals surface area contributed by atoms with Crippen molar-refractivity contribution < 1.29 is 13.2 Å². The van der Waals surface area contributed by atoms with E-state index in [4.69, 9.17) is 0 Å². The number of hydrogen-bond donors (Lipinski definition) is 1. The minimum absolute atomic E-state index is 0.0469. The van der Waals surface area contributed by atoms with Crippen LogP contribution in [0.1, 0.15) is 17.3 Å². The molecular formula is C10H15N5O3S2. The van der Waals surface area contributed by atoms with Gasteiger partial charge in [0.1, 0.15) is 14.8 Å². The van der Waals surface area contributed by atoms with Crippen molar-refractivity contribution in [3.05, 3.63) is 10.8 Å². The molecule has 0 unspecified atom stereocenters. The Kier molecular flexibility index (Phi) is 4.33. The molecule has 1 amide bonds. The summed E-state index contributed by atoms with van der Waals surface area (Å²) >= 11 is 1.39. The highest BCUT2D eigenvalue weighted by Crippen LogP contribution is 2.14. The SMILES string of the molecule is Cc1nnc2sc(CCC(=O)NCCS(C)(=O)=O)nn12. The smallest absolute Gasteiger partial charge is 0.234 e. The van der Waals surface area contributed by atoms with Gasteiger partial charge in [0.15, 0.2) is 5.82 Å². The highest BCUT2D eigenvalue weighted by Gasteiger charge is 2.10. The molecule has 10 heteroatoms. The Balaban J connectivity index is 1.81. The van der Waals surface area contributed by atoms with Crippen LogP contribution in [-0.4, -0.2) is 52.7 Å². The number of aryl methyl sites for hydroxylation is 2. The number of amides is 1. The first-order valence-corrected chi connectivity index (χ1v) is 8.85. The Hall–Kier alpha value is -1.55. The van der Waals surface area contributed by atoms with Crippen LogP contribution in [0.15, 0.2) is 0 Å². The number of nitrogens with zero attached hydrogens (tertiary/aromatic N) is 4. The topological polar surface area (TPSA) is 106 Å². The van der Waals surface area contributed by atoms with E-state index in [0.29, 0.717) is 17.2 Å². The van der Waals surface area contributed by atoms with Gasteiger partial charge in [-0.15, -0.1) is 10.2 Å². The summed E-state index contributed by atoms with van der Waals surface area (Å²) in [7, 11) is -3.05. The molecule has 0 bridgehead atoms. The van der Waals surface area contributed by atoms with Crippen molar-refractivity contribution in [2.75, 3.05) is 18.6 Å². The van der Waals surface area contributed by atoms with E-state index in [1.165, 1.54) is 11.3 Å². The largest absolute Gasteiger partial charge is 0.355 e. The van der Waals surface area contributed by atoms with Crippen LogP contribution in [0.5, 0.6) is 0 Å². The Morgan fingerprint density at radius 1 is 1.40 bits per heavy atom. The van der Waals surface area contributed by atoms with Crippen molar-refractivity contribution in [2.45, 2.75) is 19.8 Å². The number of fused-ring (bicyclic) bond motifs is 1. The maximum Gasteiger partial charge on any atom is 0.234 e. The molecule has 0 fully saturated rings. The number of hydrogen-bond acceptors (Lipinski definition) is 7. The molecule has 0 spiro atoms. The van der Waals surface area contributed by atoms with Crippen LogP contribution in [0.2, 0.25) is 0 Å². The lowest BCUT2D eigenvalue weighted by Crippen LogP contribution is -2.28. The van der Waals surface area contributed by atoms with E-state index >= 15 is 0 Å². The third kappa shape index (κ3) is 3.97. The van der Waals surface area contributed by atoms with Gasteiger partial charge in [-0.05, 0) is 6.92 Å². The number of rotatable bonds is 6. The summed E-state index contributed by atoms with van der Waals surface area (Å²) in [5.41, 5.74) is 0. The second-order valence-corrected chi connectivity index (χ2v) is 7.72. The molecule has 0 saturated heterocycles. The van der Waals surface area contributed by atoms with E-state index in [-0.39, 0.29) is 24.6 Å². The summed E-state index contributed by atoms with van der Waals surface area (Å²) in [6, 6.07) is 0. The van der Waals surface area contributed by atoms with Gasteiger partial charge in [0, 0.05) is 25.6 Å². The summed E-state index contributed by atoms with van der Waals surface area (Å²) < 4.78 is 23.5. The molecule has 2 heterocycles. The molecule has 2 aromatic heterocycles. The zero-order valence-electron chi connectivity index (χ0n) is 11.2. The maximum atomic E-state index is 11.6. The fourth-order valence-electron chi connectivity index (χ4n) is 1.54. The molecule has 110 valence electrons. The average Bonchev–Trinajstić information content (AvgIpc) is 2.88. The Bertz CT molecular complexity index is 718. The average molecular weight is 317 g/mol. The van der Waals surface area contributed by atoms with Crippen molar-refractivity contribution in [3.8, 4) is 0 Å². The fourth-order valence-corrected chi connectivity index (χ4v) is 2.89. The molecule has 0 aliphatic carbocycles. The molecule has 0 atom stereocenters. The van der Waals surface area contributed by atoms with Gasteiger partial charge in [0.25, 0.3) is 0 Å². The van der Waals surface area contributed by atoms with Crippen molar-refractivity contribution >= 4 is 32.0 Å². The number of aromatic nitrogens is 4. The van der Waals surface area contributed by atoms with Gasteiger partial charge in [-0.2, -0.15) is 9.61 Å². The van der Waals surface area contributed by atoms with Crippen LogP contribution < -0.4 is 5.32 Å². The first-order valence-electron chi connectivity index (χ1n) is 5.97. The number of carbonyl (C=O) groups is 1. The highest BCUT2D eigenvalue weighted by molar-refractivity contribution is 7.90. The van der Waals surface area contributed by atoms with Crippen LogP contribution in [0.25, 0.3) is 4.96 Å². The van der Waals surface area contributed by atoms with Gasteiger partial charge in [-0.1, -0.05) is 11.3 Å². The van der Waals surface area contributed by atoms with E-state index < -0.39 is 9.84 Å². The lowest BCUT2D eigenvalue weighted by atomic mass is 10.3. The van der Waals surface area contributed by atoms with E-state index in [1.54, 1.807) is 11.4 Å². The third-order valence-corrected chi connectivity index (χ3v) is 4.45. The minimum Gasteiger partial charge on any atom is -0.355 e. The molecule has 0 radical (unpaired) electrons. The van der Waals surface area contributed by atoms with E-state index in [9.17, 15) is 13.2 Å². The lowest BCUT2D eigenvalue weighted by molar-refractivity contribution is -0.120. The second kappa shape index (κ2) is 5.83. The predicted molar refractivity (Wildman–Crippen MR) is 74.4 cm³/mol. The monoisotopic (exact) mass is 317 g/mol. The van der Waals surface area contributed by atoms with Crippen LogP contribution in [0.4, 0.5) is 0 Å². The zero-order valence-corrected chi connectivity index (χ0v) is 12.8. The van der Waals surface area contributed by atoms with E-state index in [2.05, 4.69) is 20.6 Å². The summed E-state index contributed by atoms with van der Waals surface area (Å²) in [4.78, 5) is 12.3. The van der Waals surface area contributed by atoms with Gasteiger partial charge in [-0.3, -0.25) is 4.79 Å². The summed E-state index contributed by atoms with van der Waals surface area (Å²) in [6.07, 6.45) is 1.91. The quantitative estimate of drug-likeness (QED) is 0.776. The van der Waals surface area contributed by atoms with Crippen molar-refractivity contribution in [1.29, 1.82) is 0 Å². The molecule has 8 nitrogen and oxygen atoms in total. The molecular weight excluding hydrogens is 302 g/mol. The second-order valence-electron chi connectivity index (χ2n) is 4.42. The Morgan fingerprint density at radius 3 is 2.80 bits per heavy atom. The predicted octanol–water partition coefficient (Wildman–Crippen LogP) is -0.412. The van der Waals surface area contributed by atoms with Crippen LogP contribution in [0, 0.1) is 6.92 Å². The summed E-state index contributed by atoms with van der Waals surface area (Å²) in [6.45, 7) is 1.95. The molecule has 0 aromatic carbocycles. The highest BCUT2D eigenvalue weighted by atomic mass is 32.2. The standard InChI is InChI=1S/C10H15N5O3S2/c1-7-12-13-10-15(7)14-9(19-10)4-3-8(16)11-5-6-20(2,17)18/h3-6H2,1-2H3,(H,11,16). The van der Waals surface area contributed by atoms with Gasteiger partial charge >= 0.3 is 0 Å². The molecule has 2 rings (SSSR count).